The fraction of sp³-hybridized carbons (Fsp3) is 0.0909. The third kappa shape index (κ3) is 5.96. The van der Waals surface area contributed by atoms with Crippen LogP contribution in [0.4, 0.5) is 0 Å². The number of esters is 1. The van der Waals surface area contributed by atoms with E-state index in [9.17, 15) is 9.59 Å². The summed E-state index contributed by atoms with van der Waals surface area (Å²) in [5.41, 5.74) is 2.01. The van der Waals surface area contributed by atoms with E-state index in [1.165, 1.54) is 0 Å². The Morgan fingerprint density at radius 2 is 1.46 bits per heavy atom. The summed E-state index contributed by atoms with van der Waals surface area (Å²) in [7, 11) is 0. The van der Waals surface area contributed by atoms with E-state index in [-0.39, 0.29) is 12.4 Å². The standard InChI is InChI=1S/C22H16BrClO3S/c23-18-7-5-16(6-8-18)21(25)13-27-22(26)17-3-1-15(2-4-17)14-28-20-11-9-19(24)10-12-20/h1-12H,13-14H2. The number of carbonyl (C=O) groups excluding carboxylic acids is 2. The molecule has 3 aromatic carbocycles. The molecule has 28 heavy (non-hydrogen) atoms. The molecule has 3 aromatic rings. The Morgan fingerprint density at radius 3 is 2.11 bits per heavy atom. The van der Waals surface area contributed by atoms with Crippen LogP contribution in [0.15, 0.2) is 82.2 Å². The van der Waals surface area contributed by atoms with E-state index in [1.54, 1.807) is 48.2 Å². The van der Waals surface area contributed by atoms with Crippen molar-refractivity contribution in [3.05, 3.63) is 99.0 Å². The molecule has 0 saturated heterocycles. The lowest BCUT2D eigenvalue weighted by atomic mass is 10.1. The number of carbonyl (C=O) groups is 2. The normalized spacial score (nSPS) is 10.5. The quantitative estimate of drug-likeness (QED) is 0.224. The van der Waals surface area contributed by atoms with Gasteiger partial charge in [-0.2, -0.15) is 0 Å². The number of rotatable bonds is 7. The van der Waals surface area contributed by atoms with Gasteiger partial charge in [0.25, 0.3) is 0 Å². The molecule has 0 atom stereocenters. The Morgan fingerprint density at radius 1 is 0.857 bits per heavy atom. The molecule has 3 nitrogen and oxygen atoms in total. The summed E-state index contributed by atoms with van der Waals surface area (Å²) in [6.45, 7) is -0.283. The summed E-state index contributed by atoms with van der Waals surface area (Å²) in [6, 6.07) is 21.8. The first-order valence-electron chi connectivity index (χ1n) is 8.44. The summed E-state index contributed by atoms with van der Waals surface area (Å²) >= 11 is 10.9. The fourth-order valence-corrected chi connectivity index (χ4v) is 3.61. The Balaban J connectivity index is 1.51. The van der Waals surface area contributed by atoms with Crippen LogP contribution < -0.4 is 0 Å². The molecule has 0 aromatic heterocycles. The van der Waals surface area contributed by atoms with Gasteiger partial charge in [0.05, 0.1) is 5.56 Å². The first-order chi connectivity index (χ1) is 13.5. The van der Waals surface area contributed by atoms with Gasteiger partial charge in [0.1, 0.15) is 0 Å². The van der Waals surface area contributed by atoms with Gasteiger partial charge in [-0.1, -0.05) is 51.8 Å². The largest absolute Gasteiger partial charge is 0.454 e. The maximum atomic E-state index is 12.2. The monoisotopic (exact) mass is 474 g/mol. The van der Waals surface area contributed by atoms with Crippen molar-refractivity contribution in [3.8, 4) is 0 Å². The SMILES string of the molecule is O=C(COC(=O)c1ccc(CSc2ccc(Cl)cc2)cc1)c1ccc(Br)cc1. The van der Waals surface area contributed by atoms with E-state index in [0.29, 0.717) is 16.1 Å². The van der Waals surface area contributed by atoms with Crippen LogP contribution in [-0.2, 0) is 10.5 Å². The molecule has 0 N–H and O–H groups in total. The second-order valence-corrected chi connectivity index (χ2v) is 8.35. The number of Topliss-reactive ketones (excluding diaryl/α,β-unsaturated/α-hetero) is 1. The molecule has 0 fully saturated rings. The molecule has 0 aliphatic rings. The van der Waals surface area contributed by atoms with Crippen molar-refractivity contribution in [2.45, 2.75) is 10.6 Å². The van der Waals surface area contributed by atoms with Crippen LogP contribution in [0.2, 0.25) is 5.02 Å². The molecule has 0 heterocycles. The molecule has 3 rings (SSSR count). The van der Waals surface area contributed by atoms with Gasteiger partial charge in [0.15, 0.2) is 12.4 Å². The van der Waals surface area contributed by atoms with Crippen molar-refractivity contribution in [2.75, 3.05) is 6.61 Å². The summed E-state index contributed by atoms with van der Waals surface area (Å²) in [4.78, 5) is 25.4. The highest BCUT2D eigenvalue weighted by atomic mass is 79.9. The molecule has 0 amide bonds. The van der Waals surface area contributed by atoms with Crippen molar-refractivity contribution >= 4 is 51.0 Å². The average Bonchev–Trinajstić information content (AvgIpc) is 2.72. The van der Waals surface area contributed by atoms with Crippen molar-refractivity contribution in [3.63, 3.8) is 0 Å². The lowest BCUT2D eigenvalue weighted by Crippen LogP contribution is -2.14. The summed E-state index contributed by atoms with van der Waals surface area (Å²) < 4.78 is 6.02. The van der Waals surface area contributed by atoms with Crippen molar-refractivity contribution in [1.29, 1.82) is 0 Å². The highest BCUT2D eigenvalue weighted by Gasteiger charge is 2.12. The van der Waals surface area contributed by atoms with Crippen LogP contribution in [0.3, 0.4) is 0 Å². The maximum Gasteiger partial charge on any atom is 0.338 e. The molecule has 0 aliphatic carbocycles. The third-order valence-corrected chi connectivity index (χ3v) is 5.77. The third-order valence-electron chi connectivity index (χ3n) is 3.91. The smallest absolute Gasteiger partial charge is 0.338 e. The van der Waals surface area contributed by atoms with Crippen LogP contribution in [0.5, 0.6) is 0 Å². The highest BCUT2D eigenvalue weighted by Crippen LogP contribution is 2.24. The van der Waals surface area contributed by atoms with E-state index in [2.05, 4.69) is 15.9 Å². The second-order valence-electron chi connectivity index (χ2n) is 5.95. The van der Waals surface area contributed by atoms with Crippen molar-refractivity contribution < 1.29 is 14.3 Å². The van der Waals surface area contributed by atoms with Crippen LogP contribution in [0, 0.1) is 0 Å². The van der Waals surface area contributed by atoms with Crippen LogP contribution >= 0.6 is 39.3 Å². The Kier molecular flexibility index (Phi) is 7.31. The molecule has 0 saturated carbocycles. The van der Waals surface area contributed by atoms with Gasteiger partial charge in [0, 0.05) is 25.7 Å². The molecule has 0 radical (unpaired) electrons. The van der Waals surface area contributed by atoms with E-state index in [0.717, 1.165) is 20.7 Å². The van der Waals surface area contributed by atoms with Gasteiger partial charge < -0.3 is 4.74 Å². The minimum absolute atomic E-state index is 0.239. The molecule has 6 heteroatoms. The molecule has 0 bridgehead atoms. The number of hydrogen-bond acceptors (Lipinski definition) is 4. The van der Waals surface area contributed by atoms with Gasteiger partial charge in [-0.05, 0) is 54.1 Å². The van der Waals surface area contributed by atoms with Gasteiger partial charge in [-0.25, -0.2) is 4.79 Å². The molecule has 0 unspecified atom stereocenters. The number of halogens is 2. The Hall–Kier alpha value is -2.08. The van der Waals surface area contributed by atoms with Crippen molar-refractivity contribution in [1.82, 2.24) is 0 Å². The molecular weight excluding hydrogens is 460 g/mol. The predicted molar refractivity (Wildman–Crippen MR) is 116 cm³/mol. The van der Waals surface area contributed by atoms with E-state index < -0.39 is 5.97 Å². The Bertz CT molecular complexity index is 955. The van der Waals surface area contributed by atoms with Gasteiger partial charge in [-0.15, -0.1) is 11.8 Å². The van der Waals surface area contributed by atoms with E-state index in [4.69, 9.17) is 16.3 Å². The summed E-state index contributed by atoms with van der Waals surface area (Å²) in [5.74, 6) is 0.0261. The van der Waals surface area contributed by atoms with Gasteiger partial charge in [-0.3, -0.25) is 4.79 Å². The zero-order valence-corrected chi connectivity index (χ0v) is 17.9. The zero-order valence-electron chi connectivity index (χ0n) is 14.7. The minimum Gasteiger partial charge on any atom is -0.454 e. The highest BCUT2D eigenvalue weighted by molar-refractivity contribution is 9.10. The van der Waals surface area contributed by atoms with E-state index >= 15 is 0 Å². The fourth-order valence-electron chi connectivity index (χ4n) is 2.37. The topological polar surface area (TPSA) is 43.4 Å². The lowest BCUT2D eigenvalue weighted by molar-refractivity contribution is 0.0475. The lowest BCUT2D eigenvalue weighted by Gasteiger charge is -2.06. The predicted octanol–water partition coefficient (Wildman–Crippen LogP) is 6.43. The number of ether oxygens (including phenoxy) is 1. The molecular formula is C22H16BrClO3S. The van der Waals surface area contributed by atoms with E-state index in [1.807, 2.05) is 36.4 Å². The van der Waals surface area contributed by atoms with Crippen LogP contribution in [-0.4, -0.2) is 18.4 Å². The van der Waals surface area contributed by atoms with Gasteiger partial charge >= 0.3 is 5.97 Å². The zero-order chi connectivity index (χ0) is 19.9. The Labute approximate surface area is 181 Å². The van der Waals surface area contributed by atoms with Crippen LogP contribution in [0.25, 0.3) is 0 Å². The number of thioether (sulfide) groups is 1. The number of benzene rings is 3. The summed E-state index contributed by atoms with van der Waals surface area (Å²) in [5, 5.41) is 0.714. The molecule has 0 spiro atoms. The molecule has 142 valence electrons. The minimum atomic E-state index is -0.512. The summed E-state index contributed by atoms with van der Waals surface area (Å²) in [6.07, 6.45) is 0. The number of ketones is 1. The first kappa shape index (κ1) is 20.6. The molecule has 0 aliphatic heterocycles. The average molecular weight is 476 g/mol. The first-order valence-corrected chi connectivity index (χ1v) is 10.6. The second kappa shape index (κ2) is 9.92. The van der Waals surface area contributed by atoms with Crippen LogP contribution in [0.1, 0.15) is 26.3 Å². The number of hydrogen-bond donors (Lipinski definition) is 0. The van der Waals surface area contributed by atoms with Gasteiger partial charge in [0.2, 0.25) is 0 Å². The maximum absolute atomic E-state index is 12.2. The van der Waals surface area contributed by atoms with Crippen molar-refractivity contribution in [2.24, 2.45) is 0 Å².